The second-order valence-corrected chi connectivity index (χ2v) is 6.97. The maximum Gasteiger partial charge on any atom is 0.234 e. The van der Waals surface area contributed by atoms with Crippen LogP contribution in [0.25, 0.3) is 17.1 Å². The van der Waals surface area contributed by atoms with Gasteiger partial charge in [-0.25, -0.2) is 4.39 Å². The number of anilines is 1. The number of benzene rings is 2. The van der Waals surface area contributed by atoms with E-state index in [1.54, 1.807) is 24.5 Å². The van der Waals surface area contributed by atoms with Gasteiger partial charge >= 0.3 is 0 Å². The Balaban J connectivity index is 1.58. The molecule has 0 atom stereocenters. The van der Waals surface area contributed by atoms with Gasteiger partial charge in [0.15, 0.2) is 11.0 Å². The third-order valence-corrected chi connectivity index (χ3v) is 5.00. The summed E-state index contributed by atoms with van der Waals surface area (Å²) in [5, 5.41) is 11.7. The summed E-state index contributed by atoms with van der Waals surface area (Å²) < 4.78 is 15.6. The molecule has 4 rings (SSSR count). The van der Waals surface area contributed by atoms with Gasteiger partial charge in [-0.1, -0.05) is 42.1 Å². The summed E-state index contributed by atoms with van der Waals surface area (Å²) in [5.74, 6) is -0.0857. The van der Waals surface area contributed by atoms with Crippen LogP contribution < -0.4 is 5.32 Å². The molecular weight excluding hydrogens is 389 g/mol. The Morgan fingerprint density at radius 1 is 0.966 bits per heavy atom. The molecule has 2 aromatic heterocycles. The van der Waals surface area contributed by atoms with Crippen molar-refractivity contribution in [3.8, 4) is 17.1 Å². The molecule has 0 aliphatic carbocycles. The number of aromatic nitrogens is 4. The van der Waals surface area contributed by atoms with Crippen LogP contribution in [0.3, 0.4) is 0 Å². The van der Waals surface area contributed by atoms with Crippen LogP contribution in [0.2, 0.25) is 0 Å². The van der Waals surface area contributed by atoms with Gasteiger partial charge in [-0.3, -0.25) is 14.3 Å². The standard InChI is InChI=1S/C21H16FN5OS/c22-17-8-4-5-9-18(17)24-19(28)14-29-21-26-25-20(15-10-12-23-13-11-15)27(21)16-6-2-1-3-7-16/h1-13H,14H2,(H,24,28). The van der Waals surface area contributed by atoms with Crippen molar-refractivity contribution >= 4 is 23.4 Å². The summed E-state index contributed by atoms with van der Waals surface area (Å²) in [5.41, 5.74) is 1.89. The first-order valence-corrected chi connectivity index (χ1v) is 9.79. The molecule has 2 aromatic carbocycles. The molecular formula is C21H16FN5OS. The molecule has 0 unspecified atom stereocenters. The Labute approximate surface area is 170 Å². The Bertz CT molecular complexity index is 1120. The van der Waals surface area contributed by atoms with E-state index in [0.717, 1.165) is 11.3 Å². The molecule has 0 saturated carbocycles. The number of pyridine rings is 1. The molecule has 8 heteroatoms. The number of para-hydroxylation sites is 2. The number of nitrogens with zero attached hydrogens (tertiary/aromatic N) is 4. The van der Waals surface area contributed by atoms with Crippen LogP contribution in [0.15, 0.2) is 84.3 Å². The molecule has 0 radical (unpaired) electrons. The number of amides is 1. The van der Waals surface area contributed by atoms with Crippen LogP contribution in [0, 0.1) is 5.82 Å². The molecule has 1 N–H and O–H groups in total. The minimum Gasteiger partial charge on any atom is -0.323 e. The highest BCUT2D eigenvalue weighted by Crippen LogP contribution is 2.27. The van der Waals surface area contributed by atoms with Gasteiger partial charge in [0.2, 0.25) is 5.91 Å². The summed E-state index contributed by atoms with van der Waals surface area (Å²) in [6, 6.07) is 19.4. The van der Waals surface area contributed by atoms with Crippen molar-refractivity contribution in [3.63, 3.8) is 0 Å². The van der Waals surface area contributed by atoms with E-state index in [2.05, 4.69) is 20.5 Å². The topological polar surface area (TPSA) is 72.7 Å². The van der Waals surface area contributed by atoms with Crippen molar-refractivity contribution in [1.29, 1.82) is 0 Å². The summed E-state index contributed by atoms with van der Waals surface area (Å²) in [4.78, 5) is 16.3. The largest absolute Gasteiger partial charge is 0.323 e. The number of carbonyl (C=O) groups is 1. The van der Waals surface area contributed by atoms with E-state index in [0.29, 0.717) is 11.0 Å². The highest BCUT2D eigenvalue weighted by atomic mass is 32.2. The summed E-state index contributed by atoms with van der Waals surface area (Å²) in [6.07, 6.45) is 3.38. The van der Waals surface area contributed by atoms with Gasteiger partial charge in [-0.15, -0.1) is 10.2 Å². The molecule has 4 aromatic rings. The lowest BCUT2D eigenvalue weighted by Crippen LogP contribution is -2.15. The van der Waals surface area contributed by atoms with Crippen LogP contribution in [0.4, 0.5) is 10.1 Å². The van der Waals surface area contributed by atoms with Gasteiger partial charge in [0.1, 0.15) is 5.82 Å². The highest BCUT2D eigenvalue weighted by molar-refractivity contribution is 7.99. The first-order chi connectivity index (χ1) is 14.2. The van der Waals surface area contributed by atoms with Crippen LogP contribution in [0.5, 0.6) is 0 Å². The molecule has 0 bridgehead atoms. The first-order valence-electron chi connectivity index (χ1n) is 8.81. The monoisotopic (exact) mass is 405 g/mol. The number of hydrogen-bond donors (Lipinski definition) is 1. The van der Waals surface area contributed by atoms with Crippen molar-refractivity contribution in [2.24, 2.45) is 0 Å². The molecule has 1 amide bonds. The minimum absolute atomic E-state index is 0.0651. The third-order valence-electron chi connectivity index (χ3n) is 4.07. The molecule has 2 heterocycles. The van der Waals surface area contributed by atoms with E-state index in [4.69, 9.17) is 0 Å². The van der Waals surface area contributed by atoms with Crippen molar-refractivity contribution < 1.29 is 9.18 Å². The lowest BCUT2D eigenvalue weighted by Gasteiger charge is -2.10. The summed E-state index contributed by atoms with van der Waals surface area (Å²) in [7, 11) is 0. The van der Waals surface area contributed by atoms with Gasteiger partial charge < -0.3 is 5.32 Å². The van der Waals surface area contributed by atoms with Crippen molar-refractivity contribution in [3.05, 3.63) is 84.9 Å². The fraction of sp³-hybridized carbons (Fsp3) is 0.0476. The number of halogens is 1. The highest BCUT2D eigenvalue weighted by Gasteiger charge is 2.17. The summed E-state index contributed by atoms with van der Waals surface area (Å²) in [6.45, 7) is 0. The minimum atomic E-state index is -0.474. The van der Waals surface area contributed by atoms with E-state index in [1.807, 2.05) is 47.0 Å². The quantitative estimate of drug-likeness (QED) is 0.487. The van der Waals surface area contributed by atoms with Crippen molar-refractivity contribution in [2.45, 2.75) is 5.16 Å². The third kappa shape index (κ3) is 4.33. The van der Waals surface area contributed by atoms with Crippen molar-refractivity contribution in [2.75, 3.05) is 11.1 Å². The first kappa shape index (κ1) is 18.8. The molecule has 0 fully saturated rings. The van der Waals surface area contributed by atoms with Gasteiger partial charge in [0.25, 0.3) is 0 Å². The molecule has 6 nitrogen and oxygen atoms in total. The zero-order valence-electron chi connectivity index (χ0n) is 15.2. The molecule has 0 saturated heterocycles. The molecule has 0 aliphatic heterocycles. The normalized spacial score (nSPS) is 10.7. The number of thioether (sulfide) groups is 1. The predicted molar refractivity (Wildman–Crippen MR) is 110 cm³/mol. The zero-order chi connectivity index (χ0) is 20.1. The van der Waals surface area contributed by atoms with E-state index >= 15 is 0 Å². The van der Waals surface area contributed by atoms with Gasteiger partial charge in [0, 0.05) is 23.6 Å². The number of hydrogen-bond acceptors (Lipinski definition) is 5. The maximum atomic E-state index is 13.7. The van der Waals surface area contributed by atoms with Gasteiger partial charge in [-0.2, -0.15) is 0 Å². The van der Waals surface area contributed by atoms with Gasteiger partial charge in [-0.05, 0) is 36.4 Å². The number of carbonyl (C=O) groups excluding carboxylic acids is 1. The second-order valence-electron chi connectivity index (χ2n) is 6.03. The van der Waals surface area contributed by atoms with Crippen LogP contribution >= 0.6 is 11.8 Å². The summed E-state index contributed by atoms with van der Waals surface area (Å²) >= 11 is 1.23. The van der Waals surface area contributed by atoms with Crippen molar-refractivity contribution in [1.82, 2.24) is 19.7 Å². The van der Waals surface area contributed by atoms with Gasteiger partial charge in [0.05, 0.1) is 11.4 Å². The average molecular weight is 405 g/mol. The smallest absolute Gasteiger partial charge is 0.234 e. The van der Waals surface area contributed by atoms with E-state index < -0.39 is 5.82 Å². The Morgan fingerprint density at radius 3 is 2.45 bits per heavy atom. The van der Waals surface area contributed by atoms with Crippen LogP contribution in [-0.2, 0) is 4.79 Å². The molecule has 29 heavy (non-hydrogen) atoms. The molecule has 144 valence electrons. The molecule has 0 spiro atoms. The fourth-order valence-corrected chi connectivity index (χ4v) is 3.49. The van der Waals surface area contributed by atoms with Crippen LogP contribution in [0.1, 0.15) is 0 Å². The maximum absolute atomic E-state index is 13.7. The van der Waals surface area contributed by atoms with E-state index in [-0.39, 0.29) is 17.3 Å². The Hall–Kier alpha value is -3.52. The predicted octanol–water partition coefficient (Wildman–Crippen LogP) is 4.20. The van der Waals surface area contributed by atoms with Crippen LogP contribution in [-0.4, -0.2) is 31.4 Å². The lowest BCUT2D eigenvalue weighted by atomic mass is 10.2. The average Bonchev–Trinajstić information content (AvgIpc) is 3.19. The fourth-order valence-electron chi connectivity index (χ4n) is 2.74. The Morgan fingerprint density at radius 2 is 1.69 bits per heavy atom. The Kier molecular flexibility index (Phi) is 5.62. The number of nitrogens with one attached hydrogen (secondary N) is 1. The number of rotatable bonds is 6. The van der Waals surface area contributed by atoms with E-state index in [9.17, 15) is 9.18 Å². The second kappa shape index (κ2) is 8.66. The zero-order valence-corrected chi connectivity index (χ0v) is 16.0. The van der Waals surface area contributed by atoms with E-state index in [1.165, 1.54) is 23.9 Å². The SMILES string of the molecule is O=C(CSc1nnc(-c2ccncc2)n1-c1ccccc1)Nc1ccccc1F. The lowest BCUT2D eigenvalue weighted by molar-refractivity contribution is -0.113. The molecule has 0 aliphatic rings.